The van der Waals surface area contributed by atoms with Crippen LogP contribution < -0.4 is 11.1 Å². The van der Waals surface area contributed by atoms with Gasteiger partial charge >= 0.3 is 6.18 Å². The fraction of sp³-hybridized carbons (Fsp3) is 0.909. The van der Waals surface area contributed by atoms with E-state index in [1.807, 2.05) is 0 Å². The molecule has 19 heavy (non-hydrogen) atoms. The first kappa shape index (κ1) is 18.5. The van der Waals surface area contributed by atoms with Crippen molar-refractivity contribution in [1.29, 1.82) is 0 Å². The highest BCUT2D eigenvalue weighted by atomic mass is 35.5. The summed E-state index contributed by atoms with van der Waals surface area (Å²) in [4.78, 5) is 11.4. The second-order valence-electron chi connectivity index (χ2n) is 4.56. The van der Waals surface area contributed by atoms with Crippen LogP contribution in [-0.2, 0) is 9.53 Å². The number of carbonyl (C=O) groups is 1. The molecule has 1 saturated carbocycles. The molecule has 0 heterocycles. The molecule has 2 atom stereocenters. The van der Waals surface area contributed by atoms with Gasteiger partial charge in [0.15, 0.2) is 0 Å². The quantitative estimate of drug-likeness (QED) is 0.811. The SMILES string of the molecule is Cl.NCC1CCCCC1NC(=O)COCC(F)(F)F. The Bertz CT molecular complexity index is 277. The van der Waals surface area contributed by atoms with Crippen LogP contribution in [0, 0.1) is 5.92 Å². The summed E-state index contributed by atoms with van der Waals surface area (Å²) >= 11 is 0. The van der Waals surface area contributed by atoms with Gasteiger partial charge < -0.3 is 15.8 Å². The van der Waals surface area contributed by atoms with E-state index in [1.165, 1.54) is 0 Å². The van der Waals surface area contributed by atoms with Crippen LogP contribution in [0.4, 0.5) is 13.2 Å². The number of ether oxygens (including phenoxy) is 1. The van der Waals surface area contributed by atoms with E-state index in [1.54, 1.807) is 0 Å². The van der Waals surface area contributed by atoms with Crippen LogP contribution in [0.25, 0.3) is 0 Å². The van der Waals surface area contributed by atoms with Crippen LogP contribution in [0.5, 0.6) is 0 Å². The molecule has 2 unspecified atom stereocenters. The van der Waals surface area contributed by atoms with Crippen LogP contribution in [-0.4, -0.2) is 37.9 Å². The molecule has 0 aliphatic heterocycles. The van der Waals surface area contributed by atoms with Crippen LogP contribution in [0.3, 0.4) is 0 Å². The first-order valence-corrected chi connectivity index (χ1v) is 6.06. The number of nitrogens with one attached hydrogen (secondary N) is 1. The first-order valence-electron chi connectivity index (χ1n) is 6.06. The lowest BCUT2D eigenvalue weighted by molar-refractivity contribution is -0.175. The Morgan fingerprint density at radius 3 is 2.53 bits per heavy atom. The molecule has 8 heteroatoms. The standard InChI is InChI=1S/C11H19F3N2O2.ClH/c12-11(13,14)7-18-6-10(17)16-9-4-2-1-3-8(9)5-15;/h8-9H,1-7,15H2,(H,16,17);1H. The predicted molar refractivity (Wildman–Crippen MR) is 67.1 cm³/mol. The number of halogens is 4. The van der Waals surface area contributed by atoms with Crippen molar-refractivity contribution in [3.8, 4) is 0 Å². The molecule has 0 saturated heterocycles. The number of hydrogen-bond acceptors (Lipinski definition) is 3. The molecule has 4 nitrogen and oxygen atoms in total. The summed E-state index contributed by atoms with van der Waals surface area (Å²) in [6.07, 6.45) is -0.535. The van der Waals surface area contributed by atoms with E-state index in [9.17, 15) is 18.0 Å². The minimum absolute atomic E-state index is 0. The van der Waals surface area contributed by atoms with Gasteiger partial charge in [-0.05, 0) is 25.3 Å². The van der Waals surface area contributed by atoms with Crippen LogP contribution >= 0.6 is 12.4 Å². The molecule has 1 fully saturated rings. The van der Waals surface area contributed by atoms with Crippen LogP contribution in [0.15, 0.2) is 0 Å². The molecule has 3 N–H and O–H groups in total. The maximum absolute atomic E-state index is 11.8. The molecule has 114 valence electrons. The van der Waals surface area contributed by atoms with Crippen molar-refractivity contribution < 1.29 is 22.7 Å². The second kappa shape index (κ2) is 8.60. The van der Waals surface area contributed by atoms with Crippen LogP contribution in [0.2, 0.25) is 0 Å². The lowest BCUT2D eigenvalue weighted by Gasteiger charge is -2.31. The number of alkyl halides is 3. The molecule has 1 rings (SSSR count). The molecule has 0 bridgehead atoms. The molecule has 0 aromatic rings. The Labute approximate surface area is 116 Å². The Morgan fingerprint density at radius 1 is 1.32 bits per heavy atom. The van der Waals surface area contributed by atoms with Gasteiger partial charge in [-0.15, -0.1) is 12.4 Å². The summed E-state index contributed by atoms with van der Waals surface area (Å²) in [5, 5.41) is 2.69. The molecule has 0 spiro atoms. The predicted octanol–water partition coefficient (Wildman–Crippen LogP) is 1.62. The van der Waals surface area contributed by atoms with E-state index >= 15 is 0 Å². The van der Waals surface area contributed by atoms with Crippen LogP contribution in [0.1, 0.15) is 25.7 Å². The zero-order chi connectivity index (χ0) is 13.6. The van der Waals surface area contributed by atoms with E-state index in [0.29, 0.717) is 6.54 Å². The van der Waals surface area contributed by atoms with Gasteiger partial charge in [0.2, 0.25) is 5.91 Å². The first-order chi connectivity index (χ1) is 8.42. The van der Waals surface area contributed by atoms with Gasteiger partial charge in [-0.3, -0.25) is 4.79 Å². The normalized spacial score (nSPS) is 23.6. The summed E-state index contributed by atoms with van der Waals surface area (Å²) in [5.74, 6) is -0.296. The Hall–Kier alpha value is -0.530. The summed E-state index contributed by atoms with van der Waals surface area (Å²) < 4.78 is 39.7. The van der Waals surface area contributed by atoms with Gasteiger partial charge in [-0.2, -0.15) is 13.2 Å². The molecule has 1 amide bonds. The van der Waals surface area contributed by atoms with E-state index in [-0.39, 0.29) is 24.4 Å². The third kappa shape index (κ3) is 7.59. The number of amides is 1. The molecule has 0 radical (unpaired) electrons. The van der Waals surface area contributed by atoms with E-state index in [2.05, 4.69) is 10.1 Å². The minimum atomic E-state index is -4.40. The second-order valence-corrected chi connectivity index (χ2v) is 4.56. The van der Waals surface area contributed by atoms with Gasteiger partial charge in [0, 0.05) is 6.04 Å². The van der Waals surface area contributed by atoms with Gasteiger partial charge in [0.25, 0.3) is 0 Å². The summed E-state index contributed by atoms with van der Waals surface area (Å²) in [6, 6.07) is -0.0364. The highest BCUT2D eigenvalue weighted by Crippen LogP contribution is 2.23. The lowest BCUT2D eigenvalue weighted by atomic mass is 9.84. The highest BCUT2D eigenvalue weighted by Gasteiger charge is 2.29. The summed E-state index contributed by atoms with van der Waals surface area (Å²) in [7, 11) is 0. The van der Waals surface area contributed by atoms with Crippen molar-refractivity contribution in [2.24, 2.45) is 11.7 Å². The molecule has 0 aromatic heterocycles. The van der Waals surface area contributed by atoms with Gasteiger partial charge in [0.05, 0.1) is 0 Å². The Kier molecular flexibility index (Phi) is 8.36. The zero-order valence-electron chi connectivity index (χ0n) is 10.5. The fourth-order valence-electron chi connectivity index (χ4n) is 2.19. The molecular weight excluding hydrogens is 285 g/mol. The fourth-order valence-corrected chi connectivity index (χ4v) is 2.19. The average Bonchev–Trinajstić information content (AvgIpc) is 2.28. The van der Waals surface area contributed by atoms with Crippen molar-refractivity contribution in [2.75, 3.05) is 19.8 Å². The van der Waals surface area contributed by atoms with Crippen molar-refractivity contribution in [3.63, 3.8) is 0 Å². The zero-order valence-corrected chi connectivity index (χ0v) is 11.4. The Balaban J connectivity index is 0.00000324. The van der Waals surface area contributed by atoms with Crippen molar-refractivity contribution in [3.05, 3.63) is 0 Å². The molecular formula is C11H20ClF3N2O2. The minimum Gasteiger partial charge on any atom is -0.362 e. The smallest absolute Gasteiger partial charge is 0.362 e. The van der Waals surface area contributed by atoms with Crippen molar-refractivity contribution >= 4 is 18.3 Å². The largest absolute Gasteiger partial charge is 0.411 e. The van der Waals surface area contributed by atoms with E-state index < -0.39 is 25.3 Å². The third-order valence-corrected chi connectivity index (χ3v) is 3.06. The van der Waals surface area contributed by atoms with Crippen molar-refractivity contribution in [2.45, 2.75) is 37.9 Å². The average molecular weight is 305 g/mol. The van der Waals surface area contributed by atoms with Crippen molar-refractivity contribution in [1.82, 2.24) is 5.32 Å². The number of hydrogen-bond donors (Lipinski definition) is 2. The lowest BCUT2D eigenvalue weighted by Crippen LogP contribution is -2.46. The third-order valence-electron chi connectivity index (χ3n) is 3.06. The molecule has 1 aliphatic rings. The van der Waals surface area contributed by atoms with E-state index in [4.69, 9.17) is 5.73 Å². The Morgan fingerprint density at radius 2 is 1.95 bits per heavy atom. The molecule has 0 aromatic carbocycles. The van der Waals surface area contributed by atoms with Gasteiger partial charge in [-0.25, -0.2) is 0 Å². The van der Waals surface area contributed by atoms with Gasteiger partial charge in [0.1, 0.15) is 13.2 Å². The number of nitrogens with two attached hydrogens (primary N) is 1. The summed E-state index contributed by atoms with van der Waals surface area (Å²) in [6.45, 7) is -1.48. The maximum Gasteiger partial charge on any atom is 0.411 e. The topological polar surface area (TPSA) is 64.3 Å². The molecule has 1 aliphatic carbocycles. The maximum atomic E-state index is 11.8. The monoisotopic (exact) mass is 304 g/mol. The van der Waals surface area contributed by atoms with Gasteiger partial charge in [-0.1, -0.05) is 12.8 Å². The highest BCUT2D eigenvalue weighted by molar-refractivity contribution is 5.85. The number of carbonyl (C=O) groups excluding carboxylic acids is 1. The number of rotatable bonds is 5. The van der Waals surface area contributed by atoms with E-state index in [0.717, 1.165) is 25.7 Å². The summed E-state index contributed by atoms with van der Waals surface area (Å²) in [5.41, 5.74) is 5.60.